The fraction of sp³-hybridized carbons (Fsp3) is 0.500. The van der Waals surface area contributed by atoms with Gasteiger partial charge in [-0.05, 0) is 6.92 Å². The molecule has 0 bridgehead atoms. The third-order valence-corrected chi connectivity index (χ3v) is 0. The second-order valence-electron chi connectivity index (χ2n) is 0.683. The van der Waals surface area contributed by atoms with Crippen molar-refractivity contribution in [3.63, 3.8) is 0 Å². The summed E-state index contributed by atoms with van der Waals surface area (Å²) < 4.78 is 0. The van der Waals surface area contributed by atoms with E-state index in [-0.39, 0.29) is 25.3 Å². The van der Waals surface area contributed by atoms with Crippen LogP contribution < -0.4 is 5.73 Å². The topological polar surface area (TPSA) is 49.9 Å². The SMILES string of the molecule is CC(=N)N.[Zn+2]. The van der Waals surface area contributed by atoms with E-state index in [4.69, 9.17) is 11.1 Å². The molecular formula is C2H6N2Zn+2. The summed E-state index contributed by atoms with van der Waals surface area (Å²) in [4.78, 5) is 0. The average molecular weight is 123 g/mol. The van der Waals surface area contributed by atoms with Crippen LogP contribution in [0.25, 0.3) is 0 Å². The summed E-state index contributed by atoms with van der Waals surface area (Å²) in [6.07, 6.45) is 0. The van der Waals surface area contributed by atoms with Crippen LogP contribution in [0.1, 0.15) is 6.92 Å². The van der Waals surface area contributed by atoms with Crippen molar-refractivity contribution in [1.29, 1.82) is 5.41 Å². The maximum Gasteiger partial charge on any atom is 2.00 e. The quantitative estimate of drug-likeness (QED) is 0.265. The molecule has 0 spiro atoms. The van der Waals surface area contributed by atoms with Crippen molar-refractivity contribution < 1.29 is 19.5 Å². The van der Waals surface area contributed by atoms with Gasteiger partial charge in [-0.15, -0.1) is 0 Å². The smallest absolute Gasteiger partial charge is 0.388 e. The van der Waals surface area contributed by atoms with Crippen LogP contribution in [0.15, 0.2) is 0 Å². The molecule has 5 heavy (non-hydrogen) atoms. The van der Waals surface area contributed by atoms with Gasteiger partial charge in [-0.25, -0.2) is 0 Å². The van der Waals surface area contributed by atoms with Crippen molar-refractivity contribution in [3.8, 4) is 0 Å². The van der Waals surface area contributed by atoms with Crippen LogP contribution in [0.5, 0.6) is 0 Å². The van der Waals surface area contributed by atoms with E-state index in [0.717, 1.165) is 0 Å². The van der Waals surface area contributed by atoms with Crippen LogP contribution in [-0.4, -0.2) is 5.84 Å². The molecule has 0 fully saturated rings. The van der Waals surface area contributed by atoms with E-state index in [1.54, 1.807) is 0 Å². The number of hydrogen-bond acceptors (Lipinski definition) is 1. The molecule has 0 aliphatic rings. The summed E-state index contributed by atoms with van der Waals surface area (Å²) in [6.45, 7) is 1.53. The van der Waals surface area contributed by atoms with Crippen LogP contribution in [0.4, 0.5) is 0 Å². The molecule has 0 heterocycles. The minimum absolute atomic E-state index is 0. The predicted molar refractivity (Wildman–Crippen MR) is 17.6 cm³/mol. The molecule has 0 saturated carbocycles. The van der Waals surface area contributed by atoms with E-state index in [1.165, 1.54) is 6.92 Å². The van der Waals surface area contributed by atoms with Crippen LogP contribution in [-0.2, 0) is 19.5 Å². The molecular weight excluding hydrogens is 117 g/mol. The Labute approximate surface area is 44.0 Å². The molecule has 0 atom stereocenters. The second kappa shape index (κ2) is 4.09. The molecule has 0 unspecified atom stereocenters. The van der Waals surface area contributed by atoms with Gasteiger partial charge in [0.1, 0.15) is 0 Å². The van der Waals surface area contributed by atoms with Crippen LogP contribution in [0, 0.1) is 5.41 Å². The van der Waals surface area contributed by atoms with Gasteiger partial charge in [-0.1, -0.05) is 0 Å². The van der Waals surface area contributed by atoms with Crippen molar-refractivity contribution in [2.24, 2.45) is 5.73 Å². The van der Waals surface area contributed by atoms with E-state index >= 15 is 0 Å². The standard InChI is InChI=1S/C2H6N2.Zn/c1-2(3)4;/h1H3,(H3,3,4);/q;+2. The fourth-order valence-electron chi connectivity index (χ4n) is 0. The number of nitrogens with two attached hydrogens (primary N) is 1. The molecule has 24 valence electrons. The predicted octanol–water partition coefficient (Wildman–Crippen LogP) is -0.0602. The minimum atomic E-state index is 0. The maximum absolute atomic E-state index is 6.28. The second-order valence-corrected chi connectivity index (χ2v) is 0.683. The molecule has 0 aromatic rings. The number of amidine groups is 1. The van der Waals surface area contributed by atoms with Crippen molar-refractivity contribution >= 4 is 5.84 Å². The van der Waals surface area contributed by atoms with Gasteiger partial charge in [0.25, 0.3) is 0 Å². The Kier molecular flexibility index (Phi) is 7.30. The van der Waals surface area contributed by atoms with Crippen LogP contribution in [0.2, 0.25) is 0 Å². The van der Waals surface area contributed by atoms with E-state index in [0.29, 0.717) is 0 Å². The summed E-state index contributed by atoms with van der Waals surface area (Å²) in [5.41, 5.74) is 4.69. The molecule has 0 aromatic carbocycles. The largest absolute Gasteiger partial charge is 2.00 e. The zero-order valence-corrected chi connectivity index (χ0v) is 6.25. The van der Waals surface area contributed by atoms with Gasteiger partial charge < -0.3 is 5.73 Å². The Balaban J connectivity index is 0. The maximum atomic E-state index is 6.28. The number of rotatable bonds is 0. The van der Waals surface area contributed by atoms with Crippen molar-refractivity contribution in [2.45, 2.75) is 6.92 Å². The number of nitrogens with one attached hydrogen (secondary N) is 1. The molecule has 0 radical (unpaired) electrons. The zero-order chi connectivity index (χ0) is 3.58. The molecule has 3 N–H and O–H groups in total. The van der Waals surface area contributed by atoms with Gasteiger partial charge in [0.2, 0.25) is 0 Å². The van der Waals surface area contributed by atoms with Gasteiger partial charge in [0.15, 0.2) is 0 Å². The third-order valence-electron chi connectivity index (χ3n) is 0. The van der Waals surface area contributed by atoms with E-state index < -0.39 is 0 Å². The molecule has 0 rings (SSSR count). The third kappa shape index (κ3) is 2060. The summed E-state index contributed by atoms with van der Waals surface area (Å²) in [7, 11) is 0. The van der Waals surface area contributed by atoms with Crippen LogP contribution in [0.3, 0.4) is 0 Å². The van der Waals surface area contributed by atoms with E-state index in [2.05, 4.69) is 0 Å². The van der Waals surface area contributed by atoms with Gasteiger partial charge >= 0.3 is 19.5 Å². The summed E-state index contributed by atoms with van der Waals surface area (Å²) >= 11 is 0. The van der Waals surface area contributed by atoms with Crippen molar-refractivity contribution in [3.05, 3.63) is 0 Å². The molecule has 2 nitrogen and oxygen atoms in total. The van der Waals surface area contributed by atoms with E-state index in [1.807, 2.05) is 0 Å². The van der Waals surface area contributed by atoms with Crippen molar-refractivity contribution in [2.75, 3.05) is 0 Å². The van der Waals surface area contributed by atoms with Crippen molar-refractivity contribution in [1.82, 2.24) is 0 Å². The van der Waals surface area contributed by atoms with Gasteiger partial charge in [-0.2, -0.15) is 0 Å². The first kappa shape index (κ1) is 8.92. The molecule has 0 saturated heterocycles. The number of hydrogen-bond donors (Lipinski definition) is 2. The zero-order valence-electron chi connectivity index (χ0n) is 3.28. The first-order valence-electron chi connectivity index (χ1n) is 1.04. The monoisotopic (exact) mass is 122 g/mol. The Morgan fingerprint density at radius 3 is 1.80 bits per heavy atom. The minimum Gasteiger partial charge on any atom is -0.388 e. The molecule has 0 aromatic heterocycles. The molecule has 0 amide bonds. The summed E-state index contributed by atoms with van der Waals surface area (Å²) in [6, 6.07) is 0. The molecule has 0 aliphatic heterocycles. The first-order chi connectivity index (χ1) is 1.73. The van der Waals surface area contributed by atoms with Gasteiger partial charge in [0, 0.05) is 0 Å². The molecule has 3 heteroatoms. The normalized spacial score (nSPS) is 5.00. The first-order valence-corrected chi connectivity index (χ1v) is 1.04. The Hall–Kier alpha value is 0.0934. The Morgan fingerprint density at radius 2 is 1.80 bits per heavy atom. The van der Waals surface area contributed by atoms with Gasteiger partial charge in [-0.3, -0.25) is 5.41 Å². The van der Waals surface area contributed by atoms with Gasteiger partial charge in [0.05, 0.1) is 5.84 Å². The summed E-state index contributed by atoms with van der Waals surface area (Å²) in [5, 5.41) is 6.28. The average Bonchev–Trinajstić information content (AvgIpc) is 0.811. The fourth-order valence-corrected chi connectivity index (χ4v) is 0. The van der Waals surface area contributed by atoms with E-state index in [9.17, 15) is 0 Å². The molecule has 0 aliphatic carbocycles. The summed E-state index contributed by atoms with van der Waals surface area (Å²) in [5.74, 6) is 0.167. The Morgan fingerprint density at radius 1 is 1.80 bits per heavy atom. The van der Waals surface area contributed by atoms with Crippen LogP contribution >= 0.6 is 0 Å². The Bertz CT molecular complexity index is 30.6.